The molecule has 10 nitrogen and oxygen atoms in total. The minimum Gasteiger partial charge on any atom is -0.301 e. The molecule has 4 aromatic heterocycles. The Kier molecular flexibility index (Phi) is 5.95. The Balaban J connectivity index is 1.45. The molecule has 5 aromatic rings. The second kappa shape index (κ2) is 9.21. The molecule has 0 spiro atoms. The molecule has 0 N–H and O–H groups in total. The molecule has 0 bridgehead atoms. The number of halogens is 1. The number of anilines is 1. The van der Waals surface area contributed by atoms with Crippen molar-refractivity contribution in [3.8, 4) is 0 Å². The van der Waals surface area contributed by atoms with E-state index in [1.165, 1.54) is 23.5 Å². The third-order valence-electron chi connectivity index (χ3n) is 6.54. The Hall–Kier alpha value is -3.77. The molecule has 38 heavy (non-hydrogen) atoms. The lowest BCUT2D eigenvalue weighted by molar-refractivity contribution is 0.0983. The fraction of sp³-hybridized carbons (Fsp3) is 0.231. The number of benzene rings is 1. The normalized spacial score (nSPS) is 13.8. The molecule has 4 heterocycles. The Morgan fingerprint density at radius 3 is 2.58 bits per heavy atom. The van der Waals surface area contributed by atoms with Gasteiger partial charge in [0.15, 0.2) is 14.9 Å². The Morgan fingerprint density at radius 1 is 1.11 bits per heavy atom. The lowest BCUT2D eigenvalue weighted by Gasteiger charge is -2.24. The van der Waals surface area contributed by atoms with Crippen molar-refractivity contribution in [3.63, 3.8) is 0 Å². The van der Waals surface area contributed by atoms with Crippen molar-refractivity contribution in [2.24, 2.45) is 7.05 Å². The molecule has 0 aliphatic heterocycles. The van der Waals surface area contributed by atoms with Crippen LogP contribution in [0.3, 0.4) is 0 Å². The van der Waals surface area contributed by atoms with E-state index in [9.17, 15) is 13.2 Å². The lowest BCUT2D eigenvalue weighted by atomic mass is 10.1. The first kappa shape index (κ1) is 24.6. The maximum atomic E-state index is 13.8. The molecule has 0 radical (unpaired) electrons. The van der Waals surface area contributed by atoms with Gasteiger partial charge in [-0.3, -0.25) is 9.48 Å². The predicted octanol–water partition coefficient (Wildman–Crippen LogP) is 4.20. The first-order valence-electron chi connectivity index (χ1n) is 11.9. The van der Waals surface area contributed by atoms with Crippen LogP contribution >= 0.6 is 15.9 Å². The van der Waals surface area contributed by atoms with Gasteiger partial charge in [-0.15, -0.1) is 0 Å². The zero-order chi connectivity index (χ0) is 26.6. The van der Waals surface area contributed by atoms with E-state index in [0.717, 1.165) is 46.8 Å². The number of hydrogen-bond donors (Lipinski definition) is 0. The van der Waals surface area contributed by atoms with Gasteiger partial charge in [0.1, 0.15) is 10.4 Å². The molecule has 1 amide bonds. The molecule has 0 unspecified atom stereocenters. The molecule has 0 saturated heterocycles. The number of nitrogens with zero attached hydrogens (tertiary/aromatic N) is 7. The molecule has 0 atom stereocenters. The average Bonchev–Trinajstić information content (AvgIpc) is 3.68. The van der Waals surface area contributed by atoms with E-state index >= 15 is 0 Å². The SMILES string of the molecule is Cn1ncc2c(Br)nc3cc(CN(C(=O)c4cnc(C5CC5)nc4)c4cccnc4S(C)(=O)=O)ccc3c21. The third kappa shape index (κ3) is 4.43. The van der Waals surface area contributed by atoms with E-state index in [-0.39, 0.29) is 22.8 Å². The van der Waals surface area contributed by atoms with Crippen LogP contribution in [0.2, 0.25) is 0 Å². The number of carbonyl (C=O) groups excluding carboxylic acids is 1. The number of hydrogen-bond acceptors (Lipinski definition) is 8. The molecular weight excluding hydrogens is 570 g/mol. The Labute approximate surface area is 226 Å². The van der Waals surface area contributed by atoms with Crippen molar-refractivity contribution < 1.29 is 13.2 Å². The van der Waals surface area contributed by atoms with E-state index in [1.54, 1.807) is 23.0 Å². The van der Waals surface area contributed by atoms with Crippen LogP contribution in [0, 0.1) is 0 Å². The summed E-state index contributed by atoms with van der Waals surface area (Å²) in [6, 6.07) is 8.90. The molecule has 1 aromatic carbocycles. The number of aryl methyl sites for hydroxylation is 1. The number of sulfone groups is 1. The quantitative estimate of drug-likeness (QED) is 0.269. The van der Waals surface area contributed by atoms with Gasteiger partial charge in [0.2, 0.25) is 0 Å². The highest BCUT2D eigenvalue weighted by atomic mass is 79.9. The molecule has 1 aliphatic rings. The maximum Gasteiger partial charge on any atom is 0.261 e. The summed E-state index contributed by atoms with van der Waals surface area (Å²) in [5, 5.41) is 5.97. The van der Waals surface area contributed by atoms with E-state index in [4.69, 9.17) is 0 Å². The summed E-state index contributed by atoms with van der Waals surface area (Å²) in [6.07, 6.45) is 9.33. The van der Waals surface area contributed by atoms with Crippen LogP contribution in [0.15, 0.2) is 64.7 Å². The van der Waals surface area contributed by atoms with Crippen molar-refractivity contribution in [1.82, 2.24) is 29.7 Å². The van der Waals surface area contributed by atoms with Gasteiger partial charge in [0.05, 0.1) is 40.4 Å². The zero-order valence-corrected chi connectivity index (χ0v) is 22.9. The van der Waals surface area contributed by atoms with Crippen LogP contribution in [0.5, 0.6) is 0 Å². The number of aromatic nitrogens is 6. The summed E-state index contributed by atoms with van der Waals surface area (Å²) in [4.78, 5) is 32.8. The molecule has 1 saturated carbocycles. The van der Waals surface area contributed by atoms with Gasteiger partial charge in [-0.05, 0) is 52.5 Å². The minimum absolute atomic E-state index is 0.0795. The lowest BCUT2D eigenvalue weighted by Crippen LogP contribution is -2.32. The highest BCUT2D eigenvalue weighted by Gasteiger charge is 2.29. The van der Waals surface area contributed by atoms with Crippen LogP contribution in [-0.2, 0) is 23.4 Å². The van der Waals surface area contributed by atoms with E-state index in [2.05, 4.69) is 41.0 Å². The summed E-state index contributed by atoms with van der Waals surface area (Å²) < 4.78 is 27.6. The number of pyridine rings is 2. The minimum atomic E-state index is -3.72. The van der Waals surface area contributed by atoms with Crippen LogP contribution in [0.25, 0.3) is 21.8 Å². The molecule has 1 fully saturated rings. The average molecular weight is 592 g/mol. The fourth-order valence-electron chi connectivity index (χ4n) is 4.52. The number of rotatable bonds is 6. The monoisotopic (exact) mass is 591 g/mol. The second-order valence-electron chi connectivity index (χ2n) is 9.38. The predicted molar refractivity (Wildman–Crippen MR) is 146 cm³/mol. The van der Waals surface area contributed by atoms with Crippen molar-refractivity contribution in [3.05, 3.63) is 76.7 Å². The fourth-order valence-corrected chi connectivity index (χ4v) is 5.81. The molecular formula is C26H22BrN7O3S. The Morgan fingerprint density at radius 2 is 1.87 bits per heavy atom. The molecule has 1 aliphatic carbocycles. The number of carbonyl (C=O) groups is 1. The van der Waals surface area contributed by atoms with E-state index < -0.39 is 15.7 Å². The van der Waals surface area contributed by atoms with Gasteiger partial charge in [0.25, 0.3) is 5.91 Å². The zero-order valence-electron chi connectivity index (χ0n) is 20.5. The van der Waals surface area contributed by atoms with Gasteiger partial charge in [-0.1, -0.05) is 12.1 Å². The first-order valence-corrected chi connectivity index (χ1v) is 14.6. The number of amides is 1. The molecule has 12 heteroatoms. The van der Waals surface area contributed by atoms with E-state index in [0.29, 0.717) is 16.0 Å². The highest BCUT2D eigenvalue weighted by Crippen LogP contribution is 2.38. The standard InChI is InChI=1S/C26H22BrN7O3S/c1-33-22-18-8-5-15(10-20(18)32-23(27)19(22)13-31-33)14-34(21-4-3-9-28-25(21)38(2,36)37)26(35)17-11-29-24(30-12-17)16-6-7-16/h3-5,8-13,16H,6-7,14H2,1-2H3. The summed E-state index contributed by atoms with van der Waals surface area (Å²) in [7, 11) is -1.85. The van der Waals surface area contributed by atoms with Crippen LogP contribution in [0.1, 0.15) is 40.5 Å². The van der Waals surface area contributed by atoms with Gasteiger partial charge >= 0.3 is 0 Å². The van der Waals surface area contributed by atoms with Crippen LogP contribution < -0.4 is 4.90 Å². The summed E-state index contributed by atoms with van der Waals surface area (Å²) >= 11 is 3.53. The van der Waals surface area contributed by atoms with Crippen molar-refractivity contribution in [2.45, 2.75) is 30.3 Å². The largest absolute Gasteiger partial charge is 0.301 e. The van der Waals surface area contributed by atoms with Crippen LogP contribution in [-0.4, -0.2) is 50.3 Å². The van der Waals surface area contributed by atoms with Crippen molar-refractivity contribution >= 4 is 59.2 Å². The maximum absolute atomic E-state index is 13.8. The first-order chi connectivity index (χ1) is 18.2. The summed E-state index contributed by atoms with van der Waals surface area (Å²) in [5.41, 5.74) is 2.84. The molecule has 6 rings (SSSR count). The summed E-state index contributed by atoms with van der Waals surface area (Å²) in [5.74, 6) is 0.640. The smallest absolute Gasteiger partial charge is 0.261 e. The van der Waals surface area contributed by atoms with E-state index in [1.807, 2.05) is 25.2 Å². The molecule has 192 valence electrons. The second-order valence-corrected chi connectivity index (χ2v) is 12.1. The van der Waals surface area contributed by atoms with Crippen molar-refractivity contribution in [1.29, 1.82) is 0 Å². The number of fused-ring (bicyclic) bond motifs is 3. The van der Waals surface area contributed by atoms with Gasteiger partial charge in [-0.25, -0.2) is 28.4 Å². The Bertz CT molecular complexity index is 1830. The van der Waals surface area contributed by atoms with Gasteiger partial charge in [0, 0.05) is 43.2 Å². The van der Waals surface area contributed by atoms with Crippen LogP contribution in [0.4, 0.5) is 5.69 Å². The highest BCUT2D eigenvalue weighted by molar-refractivity contribution is 9.10. The van der Waals surface area contributed by atoms with Gasteiger partial charge in [-0.2, -0.15) is 5.10 Å². The summed E-state index contributed by atoms with van der Waals surface area (Å²) in [6.45, 7) is 0.0795. The van der Waals surface area contributed by atoms with Gasteiger partial charge < -0.3 is 4.90 Å². The third-order valence-corrected chi connectivity index (χ3v) is 8.16. The topological polar surface area (TPSA) is 124 Å². The van der Waals surface area contributed by atoms with Crippen molar-refractivity contribution in [2.75, 3.05) is 11.2 Å².